The molecule has 4 nitrogen and oxygen atoms in total. The lowest BCUT2D eigenvalue weighted by Crippen LogP contribution is -2.45. The van der Waals surface area contributed by atoms with Gasteiger partial charge in [0.05, 0.1) is 6.61 Å². The molecule has 2 atom stereocenters. The van der Waals surface area contributed by atoms with E-state index in [1.165, 1.54) is 0 Å². The second-order valence-corrected chi connectivity index (χ2v) is 6.32. The number of likely N-dealkylation sites (tertiary alicyclic amines) is 1. The molecule has 4 heteroatoms. The molecule has 1 aliphatic heterocycles. The standard InChI is InChI=1S/C18H28N2O2/c1-14-7-3-4-9-17(14)22-12-6-10-18(21)20-11-5-8-16(13-20)15(2)19/h3-4,7,9,15-16H,5-6,8,10-13,19H2,1-2H3/t15-,16+/m0/s1. The molecule has 1 aromatic rings. The summed E-state index contributed by atoms with van der Waals surface area (Å²) in [6, 6.07) is 8.13. The van der Waals surface area contributed by atoms with Gasteiger partial charge in [-0.05, 0) is 50.7 Å². The quantitative estimate of drug-likeness (QED) is 0.822. The second kappa shape index (κ2) is 8.18. The van der Waals surface area contributed by atoms with Crippen molar-refractivity contribution in [1.82, 2.24) is 4.90 Å². The van der Waals surface area contributed by atoms with E-state index >= 15 is 0 Å². The third kappa shape index (κ3) is 4.73. The fraction of sp³-hybridized carbons (Fsp3) is 0.611. The van der Waals surface area contributed by atoms with Crippen molar-refractivity contribution < 1.29 is 9.53 Å². The van der Waals surface area contributed by atoms with E-state index in [0.29, 0.717) is 18.9 Å². The predicted molar refractivity (Wildman–Crippen MR) is 88.9 cm³/mol. The Morgan fingerprint density at radius 1 is 1.45 bits per heavy atom. The molecule has 22 heavy (non-hydrogen) atoms. The van der Waals surface area contributed by atoms with Crippen LogP contribution >= 0.6 is 0 Å². The Bertz CT molecular complexity index is 488. The summed E-state index contributed by atoms with van der Waals surface area (Å²) in [5, 5.41) is 0. The number of nitrogens with two attached hydrogens (primary N) is 1. The fourth-order valence-electron chi connectivity index (χ4n) is 2.95. The minimum atomic E-state index is 0.167. The highest BCUT2D eigenvalue weighted by molar-refractivity contribution is 5.76. The van der Waals surface area contributed by atoms with Gasteiger partial charge in [0.15, 0.2) is 0 Å². The maximum absolute atomic E-state index is 12.3. The number of piperidine rings is 1. The number of para-hydroxylation sites is 1. The maximum atomic E-state index is 12.3. The molecule has 1 saturated heterocycles. The van der Waals surface area contributed by atoms with Crippen LogP contribution in [0.3, 0.4) is 0 Å². The SMILES string of the molecule is Cc1ccccc1OCCCC(=O)N1CCC[C@@H]([C@H](C)N)C1. The van der Waals surface area contributed by atoms with Crippen molar-refractivity contribution in [3.8, 4) is 5.75 Å². The van der Waals surface area contributed by atoms with E-state index < -0.39 is 0 Å². The molecule has 0 radical (unpaired) electrons. The van der Waals surface area contributed by atoms with Gasteiger partial charge in [0, 0.05) is 25.6 Å². The first-order valence-corrected chi connectivity index (χ1v) is 8.29. The zero-order valence-electron chi connectivity index (χ0n) is 13.8. The summed E-state index contributed by atoms with van der Waals surface area (Å²) in [5.41, 5.74) is 7.10. The molecule has 0 spiro atoms. The van der Waals surface area contributed by atoms with Crippen molar-refractivity contribution >= 4 is 5.91 Å². The summed E-state index contributed by atoms with van der Waals surface area (Å²) >= 11 is 0. The Morgan fingerprint density at radius 2 is 2.23 bits per heavy atom. The molecular formula is C18H28N2O2. The van der Waals surface area contributed by atoms with Crippen LogP contribution in [-0.4, -0.2) is 36.5 Å². The van der Waals surface area contributed by atoms with E-state index in [1.54, 1.807) is 0 Å². The summed E-state index contributed by atoms with van der Waals surface area (Å²) in [5.74, 6) is 1.59. The molecule has 2 rings (SSSR count). The molecule has 0 aromatic heterocycles. The van der Waals surface area contributed by atoms with Crippen molar-refractivity contribution in [2.45, 2.75) is 45.6 Å². The van der Waals surface area contributed by atoms with Gasteiger partial charge in [-0.25, -0.2) is 0 Å². The van der Waals surface area contributed by atoms with Crippen LogP contribution in [0, 0.1) is 12.8 Å². The zero-order valence-corrected chi connectivity index (χ0v) is 13.8. The normalized spacial score (nSPS) is 19.8. The Hall–Kier alpha value is -1.55. The predicted octanol–water partition coefficient (Wildman–Crippen LogP) is 2.74. The first-order chi connectivity index (χ1) is 10.6. The number of nitrogens with zero attached hydrogens (tertiary/aromatic N) is 1. The first-order valence-electron chi connectivity index (χ1n) is 8.29. The Balaban J connectivity index is 1.70. The first kappa shape index (κ1) is 16.8. The van der Waals surface area contributed by atoms with Crippen LogP contribution in [0.1, 0.15) is 38.2 Å². The van der Waals surface area contributed by atoms with E-state index in [0.717, 1.165) is 43.7 Å². The van der Waals surface area contributed by atoms with E-state index in [2.05, 4.69) is 0 Å². The number of carbonyl (C=O) groups is 1. The van der Waals surface area contributed by atoms with Gasteiger partial charge in [0.1, 0.15) is 5.75 Å². The molecule has 1 amide bonds. The van der Waals surface area contributed by atoms with Crippen LogP contribution < -0.4 is 10.5 Å². The van der Waals surface area contributed by atoms with Crippen LogP contribution in [0.5, 0.6) is 5.75 Å². The summed E-state index contributed by atoms with van der Waals surface area (Å²) in [7, 11) is 0. The number of hydrogen-bond donors (Lipinski definition) is 1. The smallest absolute Gasteiger partial charge is 0.222 e. The molecule has 0 unspecified atom stereocenters. The van der Waals surface area contributed by atoms with Crippen LogP contribution in [0.4, 0.5) is 0 Å². The topological polar surface area (TPSA) is 55.6 Å². The van der Waals surface area contributed by atoms with Gasteiger partial charge in [0.25, 0.3) is 0 Å². The van der Waals surface area contributed by atoms with Crippen molar-refractivity contribution in [2.75, 3.05) is 19.7 Å². The van der Waals surface area contributed by atoms with E-state index in [9.17, 15) is 4.79 Å². The zero-order chi connectivity index (χ0) is 15.9. The van der Waals surface area contributed by atoms with Crippen molar-refractivity contribution in [3.05, 3.63) is 29.8 Å². The number of hydrogen-bond acceptors (Lipinski definition) is 3. The van der Waals surface area contributed by atoms with Crippen LogP contribution in [0.25, 0.3) is 0 Å². The number of amides is 1. The summed E-state index contributed by atoms with van der Waals surface area (Å²) < 4.78 is 5.74. The average Bonchev–Trinajstić information content (AvgIpc) is 2.53. The van der Waals surface area contributed by atoms with Gasteiger partial charge in [0.2, 0.25) is 5.91 Å². The molecular weight excluding hydrogens is 276 g/mol. The van der Waals surface area contributed by atoms with E-state index in [4.69, 9.17) is 10.5 Å². The minimum absolute atomic E-state index is 0.167. The monoisotopic (exact) mass is 304 g/mol. The number of carbonyl (C=O) groups excluding carboxylic acids is 1. The highest BCUT2D eigenvalue weighted by Crippen LogP contribution is 2.20. The van der Waals surface area contributed by atoms with Gasteiger partial charge >= 0.3 is 0 Å². The largest absolute Gasteiger partial charge is 0.493 e. The van der Waals surface area contributed by atoms with Crippen LogP contribution in [-0.2, 0) is 4.79 Å². The summed E-state index contributed by atoms with van der Waals surface area (Å²) in [4.78, 5) is 14.3. The molecule has 122 valence electrons. The lowest BCUT2D eigenvalue weighted by molar-refractivity contribution is -0.133. The minimum Gasteiger partial charge on any atom is -0.493 e. The van der Waals surface area contributed by atoms with Gasteiger partial charge in [-0.2, -0.15) is 0 Å². The van der Waals surface area contributed by atoms with Gasteiger partial charge in [-0.15, -0.1) is 0 Å². The summed E-state index contributed by atoms with van der Waals surface area (Å²) in [6.07, 6.45) is 3.51. The third-order valence-corrected chi connectivity index (χ3v) is 4.44. The highest BCUT2D eigenvalue weighted by atomic mass is 16.5. The molecule has 0 saturated carbocycles. The number of ether oxygens (including phenoxy) is 1. The van der Waals surface area contributed by atoms with Crippen LogP contribution in [0.15, 0.2) is 24.3 Å². The number of rotatable bonds is 6. The molecule has 2 N–H and O–H groups in total. The Morgan fingerprint density at radius 3 is 2.95 bits per heavy atom. The third-order valence-electron chi connectivity index (χ3n) is 4.44. The van der Waals surface area contributed by atoms with Crippen molar-refractivity contribution in [1.29, 1.82) is 0 Å². The molecule has 1 heterocycles. The van der Waals surface area contributed by atoms with Gasteiger partial charge in [-0.3, -0.25) is 4.79 Å². The molecule has 1 fully saturated rings. The van der Waals surface area contributed by atoms with Gasteiger partial charge in [-0.1, -0.05) is 18.2 Å². The van der Waals surface area contributed by atoms with Crippen LogP contribution in [0.2, 0.25) is 0 Å². The van der Waals surface area contributed by atoms with Gasteiger partial charge < -0.3 is 15.4 Å². The average molecular weight is 304 g/mol. The molecule has 0 aliphatic carbocycles. The summed E-state index contributed by atoms with van der Waals surface area (Å²) in [6.45, 7) is 6.34. The Kier molecular flexibility index (Phi) is 6.25. The number of benzene rings is 1. The van der Waals surface area contributed by atoms with E-state index in [1.807, 2.05) is 43.0 Å². The lowest BCUT2D eigenvalue weighted by Gasteiger charge is -2.34. The van der Waals surface area contributed by atoms with Crippen molar-refractivity contribution in [2.24, 2.45) is 11.7 Å². The molecule has 0 bridgehead atoms. The molecule has 1 aromatic carbocycles. The van der Waals surface area contributed by atoms with Crippen molar-refractivity contribution in [3.63, 3.8) is 0 Å². The number of aryl methyl sites for hydroxylation is 1. The van der Waals surface area contributed by atoms with E-state index in [-0.39, 0.29) is 11.9 Å². The second-order valence-electron chi connectivity index (χ2n) is 6.32. The fourth-order valence-corrected chi connectivity index (χ4v) is 2.95. The molecule has 1 aliphatic rings. The maximum Gasteiger partial charge on any atom is 0.222 e. The lowest BCUT2D eigenvalue weighted by atomic mass is 9.92. The highest BCUT2D eigenvalue weighted by Gasteiger charge is 2.25. The Labute approximate surface area is 133 Å².